The lowest BCUT2D eigenvalue weighted by Crippen LogP contribution is -2.39. The van der Waals surface area contributed by atoms with Gasteiger partial charge < -0.3 is 5.11 Å². The van der Waals surface area contributed by atoms with Crippen molar-refractivity contribution in [3.05, 3.63) is 0 Å². The molecule has 1 N–H and O–H groups in total. The molecular formula is C13H29NO. The van der Waals surface area contributed by atoms with Gasteiger partial charge in [-0.2, -0.15) is 0 Å². The average molecular weight is 215 g/mol. The van der Waals surface area contributed by atoms with Gasteiger partial charge in [-0.25, -0.2) is 0 Å². The zero-order valence-electron chi connectivity index (χ0n) is 11.0. The molecule has 0 aromatic carbocycles. The zero-order chi connectivity index (χ0) is 11.7. The van der Waals surface area contributed by atoms with Crippen LogP contribution in [-0.2, 0) is 0 Å². The SMILES string of the molecule is CCCCN(CC(O)CCC)C(C)CC. The minimum absolute atomic E-state index is 0.138. The quantitative estimate of drug-likeness (QED) is 0.639. The van der Waals surface area contributed by atoms with Gasteiger partial charge in [0.15, 0.2) is 0 Å². The Morgan fingerprint density at radius 1 is 1.13 bits per heavy atom. The van der Waals surface area contributed by atoms with E-state index in [1.165, 1.54) is 19.3 Å². The number of rotatable bonds is 9. The summed E-state index contributed by atoms with van der Waals surface area (Å²) >= 11 is 0. The first-order valence-corrected chi connectivity index (χ1v) is 6.57. The fourth-order valence-electron chi connectivity index (χ4n) is 1.81. The van der Waals surface area contributed by atoms with Gasteiger partial charge in [0.2, 0.25) is 0 Å². The maximum atomic E-state index is 9.82. The molecule has 2 heteroatoms. The van der Waals surface area contributed by atoms with Crippen molar-refractivity contribution in [2.75, 3.05) is 13.1 Å². The monoisotopic (exact) mass is 215 g/mol. The van der Waals surface area contributed by atoms with Crippen LogP contribution in [0.2, 0.25) is 0 Å². The lowest BCUT2D eigenvalue weighted by atomic mass is 10.1. The van der Waals surface area contributed by atoms with Crippen LogP contribution in [0.4, 0.5) is 0 Å². The van der Waals surface area contributed by atoms with Crippen LogP contribution >= 0.6 is 0 Å². The highest BCUT2D eigenvalue weighted by Gasteiger charge is 2.15. The molecule has 0 aromatic rings. The van der Waals surface area contributed by atoms with Crippen LogP contribution in [-0.4, -0.2) is 35.2 Å². The van der Waals surface area contributed by atoms with Crippen molar-refractivity contribution in [1.82, 2.24) is 4.90 Å². The second-order valence-corrected chi connectivity index (χ2v) is 4.55. The van der Waals surface area contributed by atoms with E-state index in [1.807, 2.05) is 0 Å². The maximum Gasteiger partial charge on any atom is 0.0667 e. The van der Waals surface area contributed by atoms with Gasteiger partial charge in [0.05, 0.1) is 6.10 Å². The molecule has 0 aromatic heterocycles. The summed E-state index contributed by atoms with van der Waals surface area (Å²) in [7, 11) is 0. The molecule has 0 aliphatic heterocycles. The summed E-state index contributed by atoms with van der Waals surface area (Å²) in [4.78, 5) is 2.43. The summed E-state index contributed by atoms with van der Waals surface area (Å²) < 4.78 is 0. The molecular weight excluding hydrogens is 186 g/mol. The van der Waals surface area contributed by atoms with Crippen LogP contribution in [0.1, 0.15) is 59.8 Å². The van der Waals surface area contributed by atoms with E-state index >= 15 is 0 Å². The largest absolute Gasteiger partial charge is 0.392 e. The van der Waals surface area contributed by atoms with Gasteiger partial charge >= 0.3 is 0 Å². The third-order valence-electron chi connectivity index (χ3n) is 3.08. The predicted molar refractivity (Wildman–Crippen MR) is 67.1 cm³/mol. The molecule has 0 heterocycles. The summed E-state index contributed by atoms with van der Waals surface area (Å²) in [6.45, 7) is 10.8. The zero-order valence-corrected chi connectivity index (χ0v) is 11.0. The fraction of sp³-hybridized carbons (Fsp3) is 1.00. The summed E-state index contributed by atoms with van der Waals surface area (Å²) in [5, 5.41) is 9.82. The summed E-state index contributed by atoms with van der Waals surface area (Å²) in [6, 6.07) is 0.600. The van der Waals surface area contributed by atoms with Crippen molar-refractivity contribution in [1.29, 1.82) is 0 Å². The van der Waals surface area contributed by atoms with E-state index in [1.54, 1.807) is 0 Å². The topological polar surface area (TPSA) is 23.5 Å². The minimum atomic E-state index is -0.138. The normalized spacial score (nSPS) is 15.6. The molecule has 0 rings (SSSR count). The van der Waals surface area contributed by atoms with Gasteiger partial charge in [0.1, 0.15) is 0 Å². The smallest absolute Gasteiger partial charge is 0.0667 e. The van der Waals surface area contributed by atoms with Crippen LogP contribution in [0.5, 0.6) is 0 Å². The Kier molecular flexibility index (Phi) is 9.12. The van der Waals surface area contributed by atoms with E-state index < -0.39 is 0 Å². The molecule has 0 saturated carbocycles. The van der Waals surface area contributed by atoms with Crippen molar-refractivity contribution in [2.24, 2.45) is 0 Å². The predicted octanol–water partition coefficient (Wildman–Crippen LogP) is 3.05. The van der Waals surface area contributed by atoms with E-state index in [-0.39, 0.29) is 6.10 Å². The first-order chi connectivity index (χ1) is 7.15. The van der Waals surface area contributed by atoms with Crippen molar-refractivity contribution in [2.45, 2.75) is 71.9 Å². The molecule has 0 amide bonds. The van der Waals surface area contributed by atoms with Crippen molar-refractivity contribution >= 4 is 0 Å². The Bertz CT molecular complexity index is 138. The Morgan fingerprint density at radius 2 is 1.80 bits per heavy atom. The molecule has 2 atom stereocenters. The molecule has 0 bridgehead atoms. The Hall–Kier alpha value is -0.0800. The van der Waals surface area contributed by atoms with Crippen molar-refractivity contribution < 1.29 is 5.11 Å². The molecule has 0 spiro atoms. The Labute approximate surface area is 95.7 Å². The van der Waals surface area contributed by atoms with E-state index in [9.17, 15) is 5.11 Å². The third-order valence-corrected chi connectivity index (χ3v) is 3.08. The first kappa shape index (κ1) is 14.9. The van der Waals surface area contributed by atoms with E-state index in [2.05, 4.69) is 32.6 Å². The second-order valence-electron chi connectivity index (χ2n) is 4.55. The molecule has 0 radical (unpaired) electrons. The number of hydrogen-bond acceptors (Lipinski definition) is 2. The summed E-state index contributed by atoms with van der Waals surface area (Å²) in [5.74, 6) is 0. The van der Waals surface area contributed by atoms with Crippen LogP contribution in [0, 0.1) is 0 Å². The molecule has 0 aliphatic rings. The van der Waals surface area contributed by atoms with Crippen LogP contribution in [0.15, 0.2) is 0 Å². The van der Waals surface area contributed by atoms with Gasteiger partial charge in [-0.05, 0) is 32.7 Å². The molecule has 0 saturated heterocycles. The van der Waals surface area contributed by atoms with Gasteiger partial charge in [0, 0.05) is 12.6 Å². The van der Waals surface area contributed by atoms with Gasteiger partial charge in [-0.3, -0.25) is 4.90 Å². The number of aliphatic hydroxyl groups is 1. The number of hydrogen-bond donors (Lipinski definition) is 1. The lowest BCUT2D eigenvalue weighted by molar-refractivity contribution is 0.0825. The summed E-state index contributed by atoms with van der Waals surface area (Å²) in [6.07, 6.45) is 5.51. The minimum Gasteiger partial charge on any atom is -0.392 e. The van der Waals surface area contributed by atoms with Crippen LogP contribution in [0.25, 0.3) is 0 Å². The van der Waals surface area contributed by atoms with E-state index in [0.717, 1.165) is 25.9 Å². The van der Waals surface area contributed by atoms with E-state index in [4.69, 9.17) is 0 Å². The second kappa shape index (κ2) is 9.17. The average Bonchev–Trinajstić information content (AvgIpc) is 2.23. The summed E-state index contributed by atoms with van der Waals surface area (Å²) in [5.41, 5.74) is 0. The van der Waals surface area contributed by atoms with Gasteiger partial charge in [-0.1, -0.05) is 33.6 Å². The molecule has 92 valence electrons. The van der Waals surface area contributed by atoms with E-state index in [0.29, 0.717) is 6.04 Å². The Morgan fingerprint density at radius 3 is 2.27 bits per heavy atom. The lowest BCUT2D eigenvalue weighted by Gasteiger charge is -2.30. The van der Waals surface area contributed by atoms with Gasteiger partial charge in [0.25, 0.3) is 0 Å². The number of unbranched alkanes of at least 4 members (excludes halogenated alkanes) is 1. The Balaban J connectivity index is 3.98. The molecule has 0 fully saturated rings. The highest BCUT2D eigenvalue weighted by atomic mass is 16.3. The molecule has 2 nitrogen and oxygen atoms in total. The van der Waals surface area contributed by atoms with Crippen molar-refractivity contribution in [3.8, 4) is 0 Å². The van der Waals surface area contributed by atoms with Crippen molar-refractivity contribution in [3.63, 3.8) is 0 Å². The first-order valence-electron chi connectivity index (χ1n) is 6.57. The fourth-order valence-corrected chi connectivity index (χ4v) is 1.81. The standard InChI is InChI=1S/C13H29NO/c1-5-8-10-14(12(4)7-3)11-13(15)9-6-2/h12-13,15H,5-11H2,1-4H3. The third kappa shape index (κ3) is 6.91. The number of aliphatic hydroxyl groups excluding tert-OH is 1. The molecule has 0 aliphatic carbocycles. The molecule has 2 unspecified atom stereocenters. The number of nitrogens with zero attached hydrogens (tertiary/aromatic N) is 1. The highest BCUT2D eigenvalue weighted by Crippen LogP contribution is 2.08. The highest BCUT2D eigenvalue weighted by molar-refractivity contribution is 4.70. The molecule has 15 heavy (non-hydrogen) atoms. The van der Waals surface area contributed by atoms with Crippen LogP contribution < -0.4 is 0 Å². The van der Waals surface area contributed by atoms with Gasteiger partial charge in [-0.15, -0.1) is 0 Å². The van der Waals surface area contributed by atoms with Crippen LogP contribution in [0.3, 0.4) is 0 Å². The maximum absolute atomic E-state index is 9.82.